The predicted octanol–water partition coefficient (Wildman–Crippen LogP) is 0.919. The molecule has 124 valence electrons. The summed E-state index contributed by atoms with van der Waals surface area (Å²) in [5.41, 5.74) is 1.06. The maximum Gasteiger partial charge on any atom is 0.237 e. The van der Waals surface area contributed by atoms with Gasteiger partial charge in [-0.2, -0.15) is 0 Å². The fourth-order valence-electron chi connectivity index (χ4n) is 2.37. The van der Waals surface area contributed by atoms with E-state index >= 15 is 0 Å². The summed E-state index contributed by atoms with van der Waals surface area (Å²) in [7, 11) is 1.92. The number of nitrogens with zero attached hydrogens (tertiary/aromatic N) is 3. The Morgan fingerprint density at radius 2 is 2.13 bits per heavy atom. The molecule has 2 rings (SSSR count). The lowest BCUT2D eigenvalue weighted by molar-refractivity contribution is -0.126. The van der Waals surface area contributed by atoms with Gasteiger partial charge in [-0.3, -0.25) is 9.69 Å². The van der Waals surface area contributed by atoms with Crippen molar-refractivity contribution in [1.29, 1.82) is 0 Å². The molecule has 6 nitrogen and oxygen atoms in total. The van der Waals surface area contributed by atoms with Crippen molar-refractivity contribution in [3.8, 4) is 0 Å². The molecule has 0 saturated carbocycles. The molecular weight excluding hydrogens is 292 g/mol. The molecule has 23 heavy (non-hydrogen) atoms. The van der Waals surface area contributed by atoms with Gasteiger partial charge in [-0.1, -0.05) is 30.3 Å². The molecule has 0 saturated heterocycles. The minimum atomic E-state index is -0.345. The van der Waals surface area contributed by atoms with E-state index in [0.717, 1.165) is 11.4 Å². The van der Waals surface area contributed by atoms with E-state index in [-0.39, 0.29) is 18.6 Å². The Balaban J connectivity index is 1.94. The van der Waals surface area contributed by atoms with Gasteiger partial charge in [0.05, 0.1) is 19.2 Å². The van der Waals surface area contributed by atoms with E-state index < -0.39 is 0 Å². The Labute approximate surface area is 136 Å². The molecule has 2 N–H and O–H groups in total. The lowest BCUT2D eigenvalue weighted by Crippen LogP contribution is -2.46. The van der Waals surface area contributed by atoms with Gasteiger partial charge >= 0.3 is 0 Å². The van der Waals surface area contributed by atoms with Crippen molar-refractivity contribution in [2.45, 2.75) is 26.1 Å². The molecule has 1 aromatic heterocycles. The zero-order chi connectivity index (χ0) is 16.7. The second kappa shape index (κ2) is 8.45. The number of carbonyl (C=O) groups is 1. The van der Waals surface area contributed by atoms with Crippen LogP contribution in [0.15, 0.2) is 42.7 Å². The van der Waals surface area contributed by atoms with Crippen molar-refractivity contribution in [2.75, 3.05) is 13.2 Å². The van der Waals surface area contributed by atoms with E-state index in [2.05, 4.69) is 10.3 Å². The van der Waals surface area contributed by atoms with E-state index in [4.69, 9.17) is 0 Å². The molecule has 0 bridgehead atoms. The Hall–Kier alpha value is -2.18. The number of rotatable bonds is 8. The van der Waals surface area contributed by atoms with Gasteiger partial charge in [0.1, 0.15) is 5.82 Å². The van der Waals surface area contributed by atoms with Crippen LogP contribution >= 0.6 is 0 Å². The third kappa shape index (κ3) is 4.91. The maximum absolute atomic E-state index is 12.4. The summed E-state index contributed by atoms with van der Waals surface area (Å²) < 4.78 is 1.92. The van der Waals surface area contributed by atoms with Crippen LogP contribution in [0.4, 0.5) is 0 Å². The van der Waals surface area contributed by atoms with Crippen molar-refractivity contribution in [2.24, 2.45) is 7.05 Å². The number of aromatic nitrogens is 2. The monoisotopic (exact) mass is 316 g/mol. The SMILES string of the molecule is C[C@@H](C(=O)NCc1ccccc1)N(CCO)Cc1nccn1C. The van der Waals surface area contributed by atoms with Crippen molar-refractivity contribution < 1.29 is 9.90 Å². The summed E-state index contributed by atoms with van der Waals surface area (Å²) in [5.74, 6) is 0.803. The molecule has 6 heteroatoms. The van der Waals surface area contributed by atoms with Gasteiger partial charge in [0, 0.05) is 32.5 Å². The molecule has 0 radical (unpaired) electrons. The van der Waals surface area contributed by atoms with Gasteiger partial charge in [-0.15, -0.1) is 0 Å². The van der Waals surface area contributed by atoms with Crippen molar-refractivity contribution in [3.63, 3.8) is 0 Å². The summed E-state index contributed by atoms with van der Waals surface area (Å²) >= 11 is 0. The Kier molecular flexibility index (Phi) is 6.31. The second-order valence-corrected chi connectivity index (χ2v) is 5.53. The molecule has 1 aromatic carbocycles. The number of aryl methyl sites for hydroxylation is 1. The Morgan fingerprint density at radius 1 is 1.39 bits per heavy atom. The minimum absolute atomic E-state index is 0.000722. The van der Waals surface area contributed by atoms with E-state index in [1.54, 1.807) is 6.20 Å². The van der Waals surface area contributed by atoms with Gasteiger partial charge in [0.15, 0.2) is 0 Å². The van der Waals surface area contributed by atoms with Crippen LogP contribution in [0.25, 0.3) is 0 Å². The number of hydrogen-bond acceptors (Lipinski definition) is 4. The first-order valence-electron chi connectivity index (χ1n) is 7.74. The zero-order valence-corrected chi connectivity index (χ0v) is 13.6. The van der Waals surface area contributed by atoms with Gasteiger partial charge in [-0.25, -0.2) is 4.98 Å². The lowest BCUT2D eigenvalue weighted by Gasteiger charge is -2.27. The average molecular weight is 316 g/mol. The van der Waals surface area contributed by atoms with E-state index in [9.17, 15) is 9.90 Å². The first-order valence-corrected chi connectivity index (χ1v) is 7.74. The van der Waals surface area contributed by atoms with Crippen LogP contribution in [0.2, 0.25) is 0 Å². The van der Waals surface area contributed by atoms with Gasteiger partial charge in [-0.05, 0) is 12.5 Å². The highest BCUT2D eigenvalue weighted by molar-refractivity contribution is 5.81. The Bertz CT molecular complexity index is 612. The van der Waals surface area contributed by atoms with Crippen LogP contribution in [-0.2, 0) is 24.9 Å². The topological polar surface area (TPSA) is 70.4 Å². The molecule has 1 atom stereocenters. The first-order chi connectivity index (χ1) is 11.1. The molecule has 0 aliphatic carbocycles. The molecule has 0 unspecified atom stereocenters. The summed E-state index contributed by atoms with van der Waals surface area (Å²) in [5, 5.41) is 12.2. The smallest absolute Gasteiger partial charge is 0.237 e. The number of benzene rings is 1. The normalized spacial score (nSPS) is 12.3. The van der Waals surface area contributed by atoms with E-state index in [1.807, 2.05) is 60.0 Å². The minimum Gasteiger partial charge on any atom is -0.395 e. The van der Waals surface area contributed by atoms with Gasteiger partial charge < -0.3 is 15.0 Å². The number of imidazole rings is 1. The summed E-state index contributed by atoms with van der Waals surface area (Å²) in [6.45, 7) is 3.29. The number of amides is 1. The van der Waals surface area contributed by atoms with Crippen LogP contribution in [0.3, 0.4) is 0 Å². The molecule has 1 heterocycles. The lowest BCUT2D eigenvalue weighted by atomic mass is 10.2. The number of carbonyl (C=O) groups excluding carboxylic acids is 1. The highest BCUT2D eigenvalue weighted by atomic mass is 16.3. The predicted molar refractivity (Wildman–Crippen MR) is 88.5 cm³/mol. The largest absolute Gasteiger partial charge is 0.395 e. The van der Waals surface area contributed by atoms with Crippen LogP contribution in [0.5, 0.6) is 0 Å². The summed E-state index contributed by atoms with van der Waals surface area (Å²) in [6.07, 6.45) is 3.60. The fraction of sp³-hybridized carbons (Fsp3) is 0.412. The van der Waals surface area contributed by atoms with E-state index in [0.29, 0.717) is 19.6 Å². The molecule has 0 spiro atoms. The number of aliphatic hydroxyl groups excluding tert-OH is 1. The Morgan fingerprint density at radius 3 is 2.74 bits per heavy atom. The van der Waals surface area contributed by atoms with Crippen LogP contribution in [-0.4, -0.2) is 44.7 Å². The fourth-order valence-corrected chi connectivity index (χ4v) is 2.37. The van der Waals surface area contributed by atoms with E-state index in [1.165, 1.54) is 0 Å². The summed E-state index contributed by atoms with van der Waals surface area (Å²) in [6, 6.07) is 9.45. The molecule has 0 aliphatic heterocycles. The van der Waals surface area contributed by atoms with Crippen molar-refractivity contribution in [3.05, 3.63) is 54.1 Å². The molecule has 0 fully saturated rings. The number of nitrogens with one attached hydrogen (secondary N) is 1. The summed E-state index contributed by atoms with van der Waals surface area (Å²) in [4.78, 5) is 18.6. The van der Waals surface area contributed by atoms with Crippen LogP contribution in [0, 0.1) is 0 Å². The number of aliphatic hydroxyl groups is 1. The van der Waals surface area contributed by atoms with Crippen LogP contribution < -0.4 is 5.32 Å². The quantitative estimate of drug-likeness (QED) is 0.760. The third-order valence-electron chi connectivity index (χ3n) is 3.89. The first kappa shape index (κ1) is 17.2. The molecular formula is C17H24N4O2. The molecule has 2 aromatic rings. The molecule has 0 aliphatic rings. The second-order valence-electron chi connectivity index (χ2n) is 5.53. The van der Waals surface area contributed by atoms with Crippen molar-refractivity contribution in [1.82, 2.24) is 19.8 Å². The standard InChI is InChI=1S/C17H24N4O2/c1-14(17(23)19-12-15-6-4-3-5-7-15)21(10-11-22)13-16-18-8-9-20(16)2/h3-9,14,22H,10-13H2,1-2H3,(H,19,23)/t14-/m0/s1. The van der Waals surface area contributed by atoms with Gasteiger partial charge in [0.25, 0.3) is 0 Å². The highest BCUT2D eigenvalue weighted by Crippen LogP contribution is 2.07. The number of hydrogen-bond donors (Lipinski definition) is 2. The maximum atomic E-state index is 12.4. The highest BCUT2D eigenvalue weighted by Gasteiger charge is 2.22. The van der Waals surface area contributed by atoms with Crippen LogP contribution in [0.1, 0.15) is 18.3 Å². The molecule has 1 amide bonds. The third-order valence-corrected chi connectivity index (χ3v) is 3.89. The zero-order valence-electron chi connectivity index (χ0n) is 13.6. The average Bonchev–Trinajstić information content (AvgIpc) is 2.97. The van der Waals surface area contributed by atoms with Gasteiger partial charge in [0.2, 0.25) is 5.91 Å². The van der Waals surface area contributed by atoms with Crippen molar-refractivity contribution >= 4 is 5.91 Å².